The molecule has 0 saturated carbocycles. The molecule has 0 aliphatic heterocycles. The Bertz CT molecular complexity index is 661. The molecule has 0 aliphatic carbocycles. The third-order valence-electron chi connectivity index (χ3n) is 3.71. The van der Waals surface area contributed by atoms with Crippen molar-refractivity contribution in [1.29, 1.82) is 0 Å². The molecule has 1 aromatic heterocycles. The van der Waals surface area contributed by atoms with Crippen LogP contribution in [0.5, 0.6) is 0 Å². The highest BCUT2D eigenvalue weighted by Crippen LogP contribution is 2.24. The number of aromatic nitrogens is 2. The minimum absolute atomic E-state index is 0.555. The van der Waals surface area contributed by atoms with Crippen molar-refractivity contribution in [2.24, 2.45) is 0 Å². The fourth-order valence-corrected chi connectivity index (χ4v) is 3.72. The third kappa shape index (κ3) is 6.02. The van der Waals surface area contributed by atoms with E-state index in [1.807, 2.05) is 31.2 Å². The minimum Gasteiger partial charge on any atom is -0.487 e. The van der Waals surface area contributed by atoms with E-state index in [0.717, 1.165) is 27.5 Å². The Labute approximate surface area is 154 Å². The van der Waals surface area contributed by atoms with Crippen molar-refractivity contribution in [2.75, 3.05) is 12.4 Å². The van der Waals surface area contributed by atoms with Crippen LogP contribution < -0.4 is 0 Å². The Kier molecular flexibility index (Phi) is 8.47. The molecule has 0 radical (unpaired) electrons. The monoisotopic (exact) mass is 362 g/mol. The first-order valence-electron chi connectivity index (χ1n) is 8.78. The Morgan fingerprint density at radius 1 is 1.04 bits per heavy atom. The molecule has 0 aliphatic rings. The molecule has 0 unspecified atom stereocenters. The molecule has 0 atom stereocenters. The quantitative estimate of drug-likeness (QED) is 0.312. The van der Waals surface area contributed by atoms with Crippen LogP contribution in [0, 0.1) is 0 Å². The zero-order valence-corrected chi connectivity index (χ0v) is 16.2. The van der Waals surface area contributed by atoms with E-state index in [0.29, 0.717) is 18.1 Å². The first-order valence-corrected chi connectivity index (χ1v) is 10.2. The largest absolute Gasteiger partial charge is 0.487 e. The lowest BCUT2D eigenvalue weighted by atomic mass is 10.2. The number of ether oxygens (including phenoxy) is 1. The zero-order valence-electron chi connectivity index (χ0n) is 14.6. The smallest absolute Gasteiger partial charge is 0.165 e. The highest BCUT2D eigenvalue weighted by atomic mass is 32.2. The molecule has 0 spiro atoms. The van der Waals surface area contributed by atoms with Gasteiger partial charge in [-0.3, -0.25) is 0 Å². The van der Waals surface area contributed by atoms with Crippen molar-refractivity contribution < 1.29 is 4.74 Å². The molecular formula is C19H26N2OS2. The molecule has 2 aromatic rings. The molecule has 3 nitrogen and oxygen atoms in total. The second-order valence-electron chi connectivity index (χ2n) is 5.71. The van der Waals surface area contributed by atoms with Crippen LogP contribution in [0.4, 0.5) is 0 Å². The Morgan fingerprint density at radius 2 is 1.75 bits per heavy atom. The fourth-order valence-electron chi connectivity index (χ4n) is 2.47. The summed E-state index contributed by atoms with van der Waals surface area (Å²) in [5, 5.41) is 1.58. The maximum absolute atomic E-state index is 5.44. The van der Waals surface area contributed by atoms with Gasteiger partial charge in [-0.15, -0.1) is 11.8 Å². The highest BCUT2D eigenvalue weighted by molar-refractivity contribution is 7.99. The molecule has 0 bridgehead atoms. The predicted molar refractivity (Wildman–Crippen MR) is 107 cm³/mol. The SMILES string of the molecule is CCCCCCCSc1nc2ccccc2nc1CC(=S)OCC. The molecule has 0 amide bonds. The topological polar surface area (TPSA) is 35.0 Å². The first kappa shape index (κ1) is 19.1. The molecule has 2 rings (SSSR count). The van der Waals surface area contributed by atoms with Crippen molar-refractivity contribution in [3.63, 3.8) is 0 Å². The molecule has 1 heterocycles. The number of nitrogens with zero attached hydrogens (tertiary/aromatic N) is 2. The van der Waals surface area contributed by atoms with E-state index in [1.54, 1.807) is 11.8 Å². The van der Waals surface area contributed by atoms with Gasteiger partial charge < -0.3 is 4.74 Å². The summed E-state index contributed by atoms with van der Waals surface area (Å²) in [7, 11) is 0. The number of hydrogen-bond acceptors (Lipinski definition) is 5. The van der Waals surface area contributed by atoms with E-state index in [9.17, 15) is 0 Å². The van der Waals surface area contributed by atoms with Crippen molar-refractivity contribution in [1.82, 2.24) is 9.97 Å². The highest BCUT2D eigenvalue weighted by Gasteiger charge is 2.12. The van der Waals surface area contributed by atoms with E-state index in [-0.39, 0.29) is 0 Å². The van der Waals surface area contributed by atoms with E-state index in [2.05, 4.69) is 6.92 Å². The summed E-state index contributed by atoms with van der Waals surface area (Å²) in [6, 6.07) is 8.00. The second kappa shape index (κ2) is 10.6. The maximum Gasteiger partial charge on any atom is 0.165 e. The van der Waals surface area contributed by atoms with Crippen molar-refractivity contribution in [3.05, 3.63) is 30.0 Å². The van der Waals surface area contributed by atoms with Crippen LogP contribution in [0.15, 0.2) is 29.3 Å². The van der Waals surface area contributed by atoms with E-state index >= 15 is 0 Å². The predicted octanol–water partition coefficient (Wildman–Crippen LogP) is 5.60. The summed E-state index contributed by atoms with van der Waals surface area (Å²) in [6.45, 7) is 4.79. The number of hydrogen-bond donors (Lipinski definition) is 0. The van der Waals surface area contributed by atoms with Crippen LogP contribution in [-0.4, -0.2) is 27.4 Å². The number of benzene rings is 1. The fraction of sp³-hybridized carbons (Fsp3) is 0.526. The molecule has 24 heavy (non-hydrogen) atoms. The lowest BCUT2D eigenvalue weighted by molar-refractivity contribution is 0.329. The van der Waals surface area contributed by atoms with Gasteiger partial charge in [0.05, 0.1) is 29.8 Å². The normalized spacial score (nSPS) is 10.9. The van der Waals surface area contributed by atoms with Crippen LogP contribution in [0.25, 0.3) is 11.0 Å². The van der Waals surface area contributed by atoms with Gasteiger partial charge in [0.25, 0.3) is 0 Å². The molecule has 0 fully saturated rings. The number of unbranched alkanes of at least 4 members (excludes halogenated alkanes) is 4. The van der Waals surface area contributed by atoms with Crippen LogP contribution in [0.2, 0.25) is 0 Å². The van der Waals surface area contributed by atoms with E-state index in [4.69, 9.17) is 26.9 Å². The summed E-state index contributed by atoms with van der Waals surface area (Å²) >= 11 is 7.09. The van der Waals surface area contributed by atoms with Crippen LogP contribution in [-0.2, 0) is 11.2 Å². The Balaban J connectivity index is 2.07. The van der Waals surface area contributed by atoms with Crippen LogP contribution in [0.3, 0.4) is 0 Å². The number of fused-ring (bicyclic) bond motifs is 1. The van der Waals surface area contributed by atoms with Crippen molar-refractivity contribution in [2.45, 2.75) is 57.4 Å². The van der Waals surface area contributed by atoms with Gasteiger partial charge in [0.2, 0.25) is 0 Å². The van der Waals surface area contributed by atoms with Gasteiger partial charge in [-0.05, 0) is 43.4 Å². The van der Waals surface area contributed by atoms with E-state index < -0.39 is 0 Å². The number of thiocarbonyl (C=S) groups is 1. The molecular weight excluding hydrogens is 336 g/mol. The Morgan fingerprint density at radius 3 is 2.46 bits per heavy atom. The van der Waals surface area contributed by atoms with Gasteiger partial charge in [0.15, 0.2) is 5.05 Å². The van der Waals surface area contributed by atoms with Gasteiger partial charge in [0, 0.05) is 0 Å². The zero-order chi connectivity index (χ0) is 17.2. The summed E-state index contributed by atoms with van der Waals surface area (Å²) in [5.41, 5.74) is 2.79. The van der Waals surface area contributed by atoms with E-state index in [1.165, 1.54) is 32.1 Å². The summed E-state index contributed by atoms with van der Waals surface area (Å²) in [5.74, 6) is 1.07. The second-order valence-corrected chi connectivity index (χ2v) is 7.25. The third-order valence-corrected chi connectivity index (χ3v) is 5.07. The minimum atomic E-state index is 0.555. The Hall–Kier alpha value is -1.20. The first-order chi connectivity index (χ1) is 11.7. The number of para-hydroxylation sites is 2. The summed E-state index contributed by atoms with van der Waals surface area (Å²) in [6.07, 6.45) is 6.99. The average Bonchev–Trinajstić information content (AvgIpc) is 2.58. The summed E-state index contributed by atoms with van der Waals surface area (Å²) in [4.78, 5) is 9.58. The maximum atomic E-state index is 5.44. The molecule has 130 valence electrons. The molecule has 0 N–H and O–H groups in total. The molecule has 1 aromatic carbocycles. The summed E-state index contributed by atoms with van der Waals surface area (Å²) < 4.78 is 5.44. The van der Waals surface area contributed by atoms with Gasteiger partial charge >= 0.3 is 0 Å². The van der Waals surface area contributed by atoms with Gasteiger partial charge in [0.1, 0.15) is 5.03 Å². The number of thioether (sulfide) groups is 1. The van der Waals surface area contributed by atoms with Crippen LogP contribution in [0.1, 0.15) is 51.6 Å². The van der Waals surface area contributed by atoms with Gasteiger partial charge in [-0.25, -0.2) is 9.97 Å². The van der Waals surface area contributed by atoms with Crippen LogP contribution >= 0.6 is 24.0 Å². The van der Waals surface area contributed by atoms with Crippen molar-refractivity contribution in [3.8, 4) is 0 Å². The van der Waals surface area contributed by atoms with Gasteiger partial charge in [-0.2, -0.15) is 0 Å². The number of rotatable bonds is 10. The average molecular weight is 363 g/mol. The standard InChI is InChI=1S/C19H26N2OS2/c1-3-5-6-7-10-13-24-19-17(14-18(23)22-4-2)20-15-11-8-9-12-16(15)21-19/h8-9,11-12H,3-7,10,13-14H2,1-2H3. The van der Waals surface area contributed by atoms with Gasteiger partial charge in [-0.1, -0.05) is 44.7 Å². The van der Waals surface area contributed by atoms with Crippen molar-refractivity contribution >= 4 is 40.1 Å². The molecule has 0 saturated heterocycles. The lowest BCUT2D eigenvalue weighted by Gasteiger charge is -2.10. The lowest BCUT2D eigenvalue weighted by Crippen LogP contribution is -2.09. The molecule has 5 heteroatoms.